The van der Waals surface area contributed by atoms with Crippen molar-refractivity contribution in [3.8, 4) is 11.5 Å². The second-order valence-electron chi connectivity index (χ2n) is 7.70. The Labute approximate surface area is 182 Å². The van der Waals surface area contributed by atoms with Crippen molar-refractivity contribution < 1.29 is 9.47 Å². The van der Waals surface area contributed by atoms with Gasteiger partial charge in [0.25, 0.3) is 0 Å². The Kier molecular flexibility index (Phi) is 6.54. The lowest BCUT2D eigenvalue weighted by molar-refractivity contribution is 0.392. The van der Waals surface area contributed by atoms with Gasteiger partial charge in [-0.1, -0.05) is 6.07 Å². The van der Waals surface area contributed by atoms with Crippen molar-refractivity contribution in [3.05, 3.63) is 54.0 Å². The Bertz CT molecular complexity index is 1030. The molecule has 3 aromatic rings. The summed E-state index contributed by atoms with van der Waals surface area (Å²) in [5.74, 6) is 4.02. The molecule has 0 aliphatic carbocycles. The van der Waals surface area contributed by atoms with Crippen LogP contribution in [0.3, 0.4) is 0 Å². The van der Waals surface area contributed by atoms with Crippen LogP contribution < -0.4 is 14.8 Å². The maximum Gasteiger partial charge on any atom is 0.193 e. The molecule has 0 spiro atoms. The van der Waals surface area contributed by atoms with Crippen molar-refractivity contribution in [2.45, 2.75) is 25.2 Å². The van der Waals surface area contributed by atoms with Crippen molar-refractivity contribution >= 4 is 11.6 Å². The van der Waals surface area contributed by atoms with Crippen molar-refractivity contribution in [2.24, 2.45) is 4.99 Å². The first-order valence-electron chi connectivity index (χ1n) is 10.7. The van der Waals surface area contributed by atoms with Crippen LogP contribution in [0.5, 0.6) is 11.5 Å². The van der Waals surface area contributed by atoms with E-state index < -0.39 is 0 Å². The Hall–Kier alpha value is -3.29. The number of rotatable bonds is 7. The molecule has 1 fully saturated rings. The first-order valence-corrected chi connectivity index (χ1v) is 10.7. The van der Waals surface area contributed by atoms with E-state index in [9.17, 15) is 0 Å². The summed E-state index contributed by atoms with van der Waals surface area (Å²) in [6.45, 7) is 2.73. The van der Waals surface area contributed by atoms with Gasteiger partial charge in [-0.25, -0.2) is 0 Å². The summed E-state index contributed by atoms with van der Waals surface area (Å²) in [7, 11) is 5.22. The highest BCUT2D eigenvalue weighted by molar-refractivity contribution is 5.80. The molecule has 164 valence electrons. The lowest BCUT2D eigenvalue weighted by atomic mass is 9.98. The molecule has 0 amide bonds. The predicted molar refractivity (Wildman–Crippen MR) is 121 cm³/mol. The Morgan fingerprint density at radius 2 is 1.97 bits per heavy atom. The monoisotopic (exact) mass is 422 g/mol. The fourth-order valence-electron chi connectivity index (χ4n) is 4.13. The molecule has 8 nitrogen and oxygen atoms in total. The first kappa shape index (κ1) is 21.0. The number of pyridine rings is 1. The number of guanidine groups is 1. The minimum Gasteiger partial charge on any atom is -0.497 e. The lowest BCUT2D eigenvalue weighted by Crippen LogP contribution is -2.40. The van der Waals surface area contributed by atoms with Crippen LogP contribution in [-0.4, -0.2) is 66.4 Å². The smallest absolute Gasteiger partial charge is 0.193 e. The highest BCUT2D eigenvalue weighted by Crippen LogP contribution is 2.32. The number of aryl methyl sites for hydroxylation is 1. The number of likely N-dealkylation sites (tertiary alicyclic amines) is 1. The molecule has 1 saturated heterocycles. The molecule has 4 rings (SSSR count). The first-order chi connectivity index (χ1) is 15.2. The van der Waals surface area contributed by atoms with E-state index >= 15 is 0 Å². The van der Waals surface area contributed by atoms with Crippen LogP contribution in [0.2, 0.25) is 0 Å². The molecule has 0 radical (unpaired) electrons. The molecule has 1 aromatic carbocycles. The highest BCUT2D eigenvalue weighted by atomic mass is 16.5. The van der Waals surface area contributed by atoms with Gasteiger partial charge in [-0.15, -0.1) is 10.2 Å². The molecule has 1 aliphatic rings. The highest BCUT2D eigenvalue weighted by Gasteiger charge is 2.26. The Balaban J connectivity index is 1.31. The average molecular weight is 423 g/mol. The molecule has 1 aliphatic heterocycles. The zero-order chi connectivity index (χ0) is 21.6. The molecular formula is C23H30N6O2. The van der Waals surface area contributed by atoms with Crippen LogP contribution in [0.25, 0.3) is 5.65 Å². The van der Waals surface area contributed by atoms with Gasteiger partial charge in [0.05, 0.1) is 14.2 Å². The van der Waals surface area contributed by atoms with Gasteiger partial charge in [0.1, 0.15) is 17.3 Å². The molecule has 1 N–H and O–H groups in total. The third kappa shape index (κ3) is 4.73. The zero-order valence-electron chi connectivity index (χ0n) is 18.4. The van der Waals surface area contributed by atoms with E-state index in [0.717, 1.165) is 67.8 Å². The second-order valence-corrected chi connectivity index (χ2v) is 7.70. The second kappa shape index (κ2) is 9.68. The van der Waals surface area contributed by atoms with Gasteiger partial charge in [-0.05, 0) is 42.7 Å². The van der Waals surface area contributed by atoms with Crippen LogP contribution in [-0.2, 0) is 6.42 Å². The summed E-state index contributed by atoms with van der Waals surface area (Å²) in [5, 5.41) is 12.0. The van der Waals surface area contributed by atoms with Gasteiger partial charge >= 0.3 is 0 Å². The molecule has 1 unspecified atom stereocenters. The van der Waals surface area contributed by atoms with E-state index in [4.69, 9.17) is 9.47 Å². The Morgan fingerprint density at radius 1 is 1.16 bits per heavy atom. The number of nitrogens with one attached hydrogen (secondary N) is 1. The molecular weight excluding hydrogens is 392 g/mol. The summed E-state index contributed by atoms with van der Waals surface area (Å²) in [6.07, 6.45) is 4.90. The molecule has 1 atom stereocenters. The van der Waals surface area contributed by atoms with Crippen molar-refractivity contribution in [1.82, 2.24) is 24.8 Å². The topological polar surface area (TPSA) is 76.3 Å². The van der Waals surface area contributed by atoms with Gasteiger partial charge in [0.15, 0.2) is 11.6 Å². The summed E-state index contributed by atoms with van der Waals surface area (Å²) >= 11 is 0. The predicted octanol–water partition coefficient (Wildman–Crippen LogP) is 2.74. The average Bonchev–Trinajstić information content (AvgIpc) is 3.46. The van der Waals surface area contributed by atoms with E-state index in [1.54, 1.807) is 14.2 Å². The summed E-state index contributed by atoms with van der Waals surface area (Å²) in [5.41, 5.74) is 2.13. The Morgan fingerprint density at radius 3 is 2.71 bits per heavy atom. The number of hydrogen-bond acceptors (Lipinski definition) is 5. The number of aromatic nitrogens is 3. The lowest BCUT2D eigenvalue weighted by Gasteiger charge is -2.22. The SMILES string of the molecule is CN=C(NCCCc1nnc2ccccn12)N1CCC(c2cc(OC)cc(OC)c2)C1. The molecule has 0 bridgehead atoms. The maximum absolute atomic E-state index is 5.43. The van der Waals surface area contributed by atoms with Gasteiger partial charge in [0.2, 0.25) is 0 Å². The maximum atomic E-state index is 5.43. The summed E-state index contributed by atoms with van der Waals surface area (Å²) < 4.78 is 12.9. The number of hydrogen-bond donors (Lipinski definition) is 1. The van der Waals surface area contributed by atoms with E-state index in [-0.39, 0.29) is 0 Å². The quantitative estimate of drug-likeness (QED) is 0.358. The van der Waals surface area contributed by atoms with Crippen LogP contribution in [0.4, 0.5) is 0 Å². The molecule has 8 heteroatoms. The van der Waals surface area contributed by atoms with E-state index in [0.29, 0.717) is 5.92 Å². The standard InChI is InChI=1S/C23H30N6O2/c1-24-23(25-10-6-8-22-27-26-21-7-4-5-11-29(21)22)28-12-9-17(16-28)18-13-19(30-2)15-20(14-18)31-3/h4-5,7,11,13-15,17H,6,8-10,12,16H2,1-3H3,(H,24,25). The van der Waals surface area contributed by atoms with Crippen LogP contribution in [0.1, 0.15) is 30.1 Å². The normalized spacial score (nSPS) is 16.7. The molecule has 31 heavy (non-hydrogen) atoms. The van der Waals surface area contributed by atoms with E-state index in [1.165, 1.54) is 5.56 Å². The number of ether oxygens (including phenoxy) is 2. The number of fused-ring (bicyclic) bond motifs is 1. The molecule has 2 aromatic heterocycles. The number of benzene rings is 1. The van der Waals surface area contributed by atoms with Crippen molar-refractivity contribution in [2.75, 3.05) is 40.9 Å². The number of nitrogens with zero attached hydrogens (tertiary/aromatic N) is 5. The fraction of sp³-hybridized carbons (Fsp3) is 0.435. The van der Waals surface area contributed by atoms with E-state index in [2.05, 4.69) is 37.5 Å². The zero-order valence-corrected chi connectivity index (χ0v) is 18.4. The molecule has 0 saturated carbocycles. The number of methoxy groups -OCH3 is 2. The fourth-order valence-corrected chi connectivity index (χ4v) is 4.13. The van der Waals surface area contributed by atoms with Crippen molar-refractivity contribution in [3.63, 3.8) is 0 Å². The van der Waals surface area contributed by atoms with E-state index in [1.807, 2.05) is 41.9 Å². The number of aliphatic imine (C=N–C) groups is 1. The third-order valence-electron chi connectivity index (χ3n) is 5.79. The molecule has 3 heterocycles. The van der Waals surface area contributed by atoms with Gasteiger partial charge < -0.3 is 19.7 Å². The van der Waals surface area contributed by atoms with Crippen LogP contribution in [0, 0.1) is 0 Å². The summed E-state index contributed by atoms with van der Waals surface area (Å²) in [6, 6.07) is 12.1. The minimum absolute atomic E-state index is 0.421. The largest absolute Gasteiger partial charge is 0.497 e. The third-order valence-corrected chi connectivity index (χ3v) is 5.79. The van der Waals surface area contributed by atoms with Crippen LogP contribution >= 0.6 is 0 Å². The summed E-state index contributed by atoms with van der Waals surface area (Å²) in [4.78, 5) is 6.82. The van der Waals surface area contributed by atoms with Crippen molar-refractivity contribution in [1.29, 1.82) is 0 Å². The van der Waals surface area contributed by atoms with Crippen LogP contribution in [0.15, 0.2) is 47.6 Å². The van der Waals surface area contributed by atoms with Gasteiger partial charge in [-0.2, -0.15) is 0 Å². The van der Waals surface area contributed by atoms with Gasteiger partial charge in [0, 0.05) is 51.3 Å². The minimum atomic E-state index is 0.421. The van der Waals surface area contributed by atoms with Gasteiger partial charge in [-0.3, -0.25) is 9.39 Å².